The predicted molar refractivity (Wildman–Crippen MR) is 84.8 cm³/mol. The first-order valence-corrected chi connectivity index (χ1v) is 9.60. The minimum atomic E-state index is -3.17. The average molecular weight is 316 g/mol. The summed E-state index contributed by atoms with van der Waals surface area (Å²) in [5.41, 5.74) is 0. The Kier molecular flexibility index (Phi) is 6.22. The quantitative estimate of drug-likeness (QED) is 0.696. The fourth-order valence-electron chi connectivity index (χ4n) is 2.93. The first kappa shape index (κ1) is 16.9. The van der Waals surface area contributed by atoms with Crippen molar-refractivity contribution < 1.29 is 13.2 Å². The van der Waals surface area contributed by atoms with Crippen LogP contribution in [0.5, 0.6) is 0 Å². The van der Waals surface area contributed by atoms with Crippen molar-refractivity contribution in [2.75, 3.05) is 38.5 Å². The summed E-state index contributed by atoms with van der Waals surface area (Å²) >= 11 is 0. The molecule has 1 saturated heterocycles. The van der Waals surface area contributed by atoms with Crippen LogP contribution in [0.15, 0.2) is 12.2 Å². The van der Waals surface area contributed by atoms with Gasteiger partial charge in [-0.25, -0.2) is 8.42 Å². The normalized spacial score (nSPS) is 25.6. The summed E-state index contributed by atoms with van der Waals surface area (Å²) in [5, 5.41) is 0. The second-order valence-corrected chi connectivity index (χ2v) is 8.19. The van der Waals surface area contributed by atoms with Crippen LogP contribution in [-0.4, -0.2) is 68.3 Å². The van der Waals surface area contributed by atoms with Gasteiger partial charge in [-0.05, 0) is 33.1 Å². The molecule has 2 aliphatic rings. The van der Waals surface area contributed by atoms with Crippen molar-refractivity contribution in [3.63, 3.8) is 0 Å². The van der Waals surface area contributed by atoms with E-state index >= 15 is 0 Å². The van der Waals surface area contributed by atoms with E-state index in [4.69, 9.17) is 4.74 Å². The van der Waals surface area contributed by atoms with Gasteiger partial charge in [0.15, 0.2) is 0 Å². The maximum atomic E-state index is 12.3. The van der Waals surface area contributed by atoms with E-state index in [9.17, 15) is 8.42 Å². The van der Waals surface area contributed by atoms with E-state index < -0.39 is 10.0 Å². The Morgan fingerprint density at radius 2 is 1.95 bits per heavy atom. The molecule has 1 aliphatic carbocycles. The molecule has 0 aromatic rings. The molecule has 0 spiro atoms. The highest BCUT2D eigenvalue weighted by molar-refractivity contribution is 7.89. The zero-order valence-corrected chi connectivity index (χ0v) is 14.0. The molecular weight excluding hydrogens is 288 g/mol. The van der Waals surface area contributed by atoms with Gasteiger partial charge in [0.25, 0.3) is 0 Å². The number of ether oxygens (including phenoxy) is 1. The third kappa shape index (κ3) is 5.06. The molecule has 0 amide bonds. The lowest BCUT2D eigenvalue weighted by molar-refractivity contribution is 0.0899. The molecule has 122 valence electrons. The van der Waals surface area contributed by atoms with Crippen LogP contribution in [0.4, 0.5) is 0 Å². The summed E-state index contributed by atoms with van der Waals surface area (Å²) in [4.78, 5) is 2.41. The molecule has 1 atom stereocenters. The second kappa shape index (κ2) is 7.72. The van der Waals surface area contributed by atoms with Crippen LogP contribution in [0, 0.1) is 0 Å². The smallest absolute Gasteiger partial charge is 0.216 e. The molecule has 0 N–H and O–H groups in total. The molecule has 1 aliphatic heterocycles. The maximum Gasteiger partial charge on any atom is 0.216 e. The van der Waals surface area contributed by atoms with Gasteiger partial charge in [-0.2, -0.15) is 4.31 Å². The summed E-state index contributed by atoms with van der Waals surface area (Å²) in [6, 6.07) is 0.507. The van der Waals surface area contributed by atoms with Crippen molar-refractivity contribution in [3.05, 3.63) is 12.2 Å². The Morgan fingerprint density at radius 1 is 1.24 bits per heavy atom. The van der Waals surface area contributed by atoms with Crippen molar-refractivity contribution in [2.24, 2.45) is 0 Å². The van der Waals surface area contributed by atoms with Crippen LogP contribution >= 0.6 is 0 Å². The molecular formula is C15H28N2O3S. The number of nitrogens with zero attached hydrogens (tertiary/aromatic N) is 2. The van der Waals surface area contributed by atoms with E-state index in [1.165, 1.54) is 19.3 Å². The molecule has 0 bridgehead atoms. The van der Waals surface area contributed by atoms with Crippen molar-refractivity contribution in [2.45, 2.75) is 45.3 Å². The van der Waals surface area contributed by atoms with Gasteiger partial charge in [0, 0.05) is 32.2 Å². The van der Waals surface area contributed by atoms with Crippen molar-refractivity contribution in [1.29, 1.82) is 0 Å². The summed E-state index contributed by atoms with van der Waals surface area (Å²) in [6.45, 7) is 7.00. The number of piperazine rings is 1. The van der Waals surface area contributed by atoms with Gasteiger partial charge in [0.05, 0.1) is 18.5 Å². The fourth-order valence-corrected chi connectivity index (χ4v) is 4.21. The lowest BCUT2D eigenvalue weighted by Gasteiger charge is -2.38. The largest absolute Gasteiger partial charge is 0.378 e. The maximum absolute atomic E-state index is 12.3. The summed E-state index contributed by atoms with van der Waals surface area (Å²) in [7, 11) is -3.17. The van der Waals surface area contributed by atoms with Crippen molar-refractivity contribution in [1.82, 2.24) is 9.21 Å². The topological polar surface area (TPSA) is 49.9 Å². The Morgan fingerprint density at radius 3 is 2.52 bits per heavy atom. The van der Waals surface area contributed by atoms with Crippen LogP contribution < -0.4 is 0 Å². The molecule has 0 aromatic heterocycles. The van der Waals surface area contributed by atoms with Crippen LogP contribution in [0.1, 0.15) is 33.1 Å². The third-order valence-electron chi connectivity index (χ3n) is 4.16. The van der Waals surface area contributed by atoms with E-state index in [0.29, 0.717) is 19.1 Å². The van der Waals surface area contributed by atoms with Crippen LogP contribution in [0.2, 0.25) is 0 Å². The first-order valence-electron chi connectivity index (χ1n) is 7.99. The van der Waals surface area contributed by atoms with E-state index in [1.54, 1.807) is 4.31 Å². The minimum absolute atomic E-state index is 0.0788. The van der Waals surface area contributed by atoms with Gasteiger partial charge in [-0.1, -0.05) is 12.2 Å². The summed E-state index contributed by atoms with van der Waals surface area (Å²) in [6.07, 6.45) is 8.23. The molecule has 21 heavy (non-hydrogen) atoms. The van der Waals surface area contributed by atoms with E-state index in [2.05, 4.69) is 17.1 Å². The molecule has 0 radical (unpaired) electrons. The lowest BCUT2D eigenvalue weighted by Crippen LogP contribution is -2.52. The molecule has 0 saturated carbocycles. The van der Waals surface area contributed by atoms with E-state index in [-0.39, 0.29) is 18.5 Å². The Balaban J connectivity index is 1.79. The van der Waals surface area contributed by atoms with Gasteiger partial charge >= 0.3 is 0 Å². The molecule has 5 nitrogen and oxygen atoms in total. The lowest BCUT2D eigenvalue weighted by atomic mass is 10.0. The Bertz CT molecular complexity index is 440. The molecule has 0 unspecified atom stereocenters. The van der Waals surface area contributed by atoms with Gasteiger partial charge in [0.1, 0.15) is 0 Å². The second-order valence-electron chi connectivity index (χ2n) is 6.10. The predicted octanol–water partition coefficient (Wildman–Crippen LogP) is 1.47. The number of allylic oxidation sites excluding steroid dienone is 1. The zero-order chi connectivity index (χ0) is 15.3. The molecule has 0 aromatic carbocycles. The van der Waals surface area contributed by atoms with E-state index in [0.717, 1.165) is 13.1 Å². The van der Waals surface area contributed by atoms with Gasteiger partial charge in [-0.15, -0.1) is 0 Å². The summed E-state index contributed by atoms with van der Waals surface area (Å²) < 4.78 is 31.5. The van der Waals surface area contributed by atoms with Crippen LogP contribution in [0.3, 0.4) is 0 Å². The molecule has 1 fully saturated rings. The van der Waals surface area contributed by atoms with Crippen LogP contribution in [0.25, 0.3) is 0 Å². The highest BCUT2D eigenvalue weighted by Gasteiger charge is 2.29. The number of hydrogen-bond acceptors (Lipinski definition) is 4. The van der Waals surface area contributed by atoms with Gasteiger partial charge in [-0.3, -0.25) is 4.90 Å². The Hall–Kier alpha value is -0.430. The number of rotatable bonds is 6. The van der Waals surface area contributed by atoms with Crippen molar-refractivity contribution in [3.8, 4) is 0 Å². The first-order chi connectivity index (χ1) is 9.99. The van der Waals surface area contributed by atoms with Gasteiger partial charge < -0.3 is 4.74 Å². The number of sulfonamides is 1. The highest BCUT2D eigenvalue weighted by atomic mass is 32.2. The van der Waals surface area contributed by atoms with Crippen molar-refractivity contribution >= 4 is 10.0 Å². The van der Waals surface area contributed by atoms with E-state index in [1.807, 2.05) is 13.8 Å². The van der Waals surface area contributed by atoms with Gasteiger partial charge in [0.2, 0.25) is 10.0 Å². The number of hydrogen-bond donors (Lipinski definition) is 0. The fraction of sp³-hybridized carbons (Fsp3) is 0.867. The zero-order valence-electron chi connectivity index (χ0n) is 13.2. The summed E-state index contributed by atoms with van der Waals surface area (Å²) in [5.74, 6) is 0.0918. The third-order valence-corrected chi connectivity index (χ3v) is 5.99. The standard InChI is InChI=1S/C15H28N2O3S/c1-14(2)20-12-13-21(18,19)17-10-8-16(9-11-17)15-6-4-3-5-7-15/h4,6,14-15H,3,5,7-13H2,1-2H3/t15-/m1/s1. The minimum Gasteiger partial charge on any atom is -0.378 e. The molecule has 1 heterocycles. The highest BCUT2D eigenvalue weighted by Crippen LogP contribution is 2.19. The van der Waals surface area contributed by atoms with Crippen LogP contribution in [-0.2, 0) is 14.8 Å². The molecule has 6 heteroatoms. The Labute approximate surface area is 129 Å². The average Bonchev–Trinajstić information content (AvgIpc) is 2.48. The monoisotopic (exact) mass is 316 g/mol. The molecule has 2 rings (SSSR count). The SMILES string of the molecule is CC(C)OCCS(=O)(=O)N1CCN([C@@H]2C=CCCC2)CC1.